The number of benzene rings is 5. The van der Waals surface area contributed by atoms with Crippen molar-refractivity contribution >= 4 is 45.5 Å². The van der Waals surface area contributed by atoms with Gasteiger partial charge < -0.3 is 38.7 Å². The Balaban J connectivity index is 0.00000131. The zero-order valence-corrected chi connectivity index (χ0v) is 32.1. The quantitative estimate of drug-likeness (QED) is 0.0338. The van der Waals surface area contributed by atoms with Crippen molar-refractivity contribution in [2.45, 2.75) is 20.4 Å². The molecule has 57 heavy (non-hydrogen) atoms. The summed E-state index contributed by atoms with van der Waals surface area (Å²) >= 11 is 0. The van der Waals surface area contributed by atoms with E-state index in [0.29, 0.717) is 61.3 Å². The number of hydrogen-bond donors (Lipinski definition) is 2. The third kappa shape index (κ3) is 9.92. The Labute approximate surface area is 329 Å². The zero-order valence-electron chi connectivity index (χ0n) is 32.1. The summed E-state index contributed by atoms with van der Waals surface area (Å²) in [6.07, 6.45) is 0.828. The molecule has 0 bridgehead atoms. The highest BCUT2D eigenvalue weighted by Gasteiger charge is 2.32. The summed E-state index contributed by atoms with van der Waals surface area (Å²) in [7, 11) is 1.68. The minimum atomic E-state index is -0.696. The molecule has 0 amide bonds. The molecule has 1 aliphatic carbocycles. The van der Waals surface area contributed by atoms with Crippen LogP contribution in [0.25, 0.3) is 44.2 Å². The van der Waals surface area contributed by atoms with Crippen LogP contribution in [0.1, 0.15) is 29.8 Å². The van der Waals surface area contributed by atoms with Gasteiger partial charge in [0.25, 0.3) is 0 Å². The lowest BCUT2D eigenvalue weighted by molar-refractivity contribution is -0.139. The molecule has 294 valence electrons. The van der Waals surface area contributed by atoms with Crippen molar-refractivity contribution in [1.82, 2.24) is 5.32 Å². The normalized spacial score (nSPS) is 12.4. The van der Waals surface area contributed by atoms with Crippen LogP contribution < -0.4 is 20.8 Å². The van der Waals surface area contributed by atoms with Gasteiger partial charge in [-0.15, -0.1) is 0 Å². The van der Waals surface area contributed by atoms with Crippen molar-refractivity contribution in [1.29, 1.82) is 0 Å². The Morgan fingerprint density at radius 3 is 2.46 bits per heavy atom. The fraction of sp³-hybridized carbons (Fsp3) is 0.244. The van der Waals surface area contributed by atoms with Crippen LogP contribution in [-0.2, 0) is 35.1 Å². The molecular weight excluding hydrogens is 728 g/mol. The number of methoxy groups -OCH3 is 1. The average molecular weight is 773 g/mol. The van der Waals surface area contributed by atoms with Crippen molar-refractivity contribution in [3.8, 4) is 28.2 Å². The molecule has 0 atom stereocenters. The van der Waals surface area contributed by atoms with Crippen molar-refractivity contribution < 1.29 is 42.5 Å². The first-order valence-corrected chi connectivity index (χ1v) is 18.7. The van der Waals surface area contributed by atoms with Gasteiger partial charge in [-0.05, 0) is 78.2 Å². The van der Waals surface area contributed by atoms with Crippen LogP contribution in [0.3, 0.4) is 0 Å². The zero-order chi connectivity index (χ0) is 40.1. The van der Waals surface area contributed by atoms with Gasteiger partial charge in [0.15, 0.2) is 23.9 Å². The van der Waals surface area contributed by atoms with Gasteiger partial charge in [0.2, 0.25) is 11.7 Å². The van der Waals surface area contributed by atoms with E-state index in [4.69, 9.17) is 23.4 Å². The molecule has 2 aliphatic heterocycles. The summed E-state index contributed by atoms with van der Waals surface area (Å²) in [6, 6.07) is 29.5. The molecule has 4 aromatic carbocycles. The number of carbonyl (C=O) groups is 3. The second-order valence-corrected chi connectivity index (χ2v) is 12.9. The molecule has 0 radical (unpaired) electrons. The predicted octanol–water partition coefficient (Wildman–Crippen LogP) is 7.15. The maximum absolute atomic E-state index is 12.2. The minimum absolute atomic E-state index is 0.101. The van der Waals surface area contributed by atoms with Gasteiger partial charge in [0, 0.05) is 66.7 Å². The van der Waals surface area contributed by atoms with E-state index in [2.05, 4.69) is 21.4 Å². The van der Waals surface area contributed by atoms with E-state index in [1.807, 2.05) is 67.6 Å². The molecule has 0 spiro atoms. The highest BCUT2D eigenvalue weighted by atomic mass is 16.5. The number of carbonyl (C=O) groups excluding carboxylic acids is 3. The standard InChI is InChI=1S/C42H36N2O9.C3H8O/c1-2-50-42(48)40-36(47)25-52-41(40)44-30-10-9-27-19-26(7-8-28(27)20-30)23-43-15-16-49-17-18-51-32-12-14-35-38(22-32)53-37-21-31(46)11-13-34(37)39(35)33-6-4-3-5-29(33)24-45;1-3-4-2/h3-14,19-22,24,43-44H,2,15-18,23,25H2,1H3;3H2,1-2H3. The number of fused-ring (bicyclic) bond motifs is 3. The topological polar surface area (TPSA) is 152 Å². The Kier molecular flexibility index (Phi) is 13.8. The maximum Gasteiger partial charge on any atom is 0.347 e. The van der Waals surface area contributed by atoms with E-state index in [0.717, 1.165) is 51.3 Å². The van der Waals surface area contributed by atoms with Gasteiger partial charge >= 0.3 is 5.97 Å². The molecule has 2 heterocycles. The number of ether oxygens (including phenoxy) is 5. The van der Waals surface area contributed by atoms with Gasteiger partial charge in [0.05, 0.1) is 19.8 Å². The second kappa shape index (κ2) is 19.5. The molecule has 0 unspecified atom stereocenters. The Morgan fingerprint density at radius 1 is 0.842 bits per heavy atom. The van der Waals surface area contributed by atoms with Gasteiger partial charge in [0.1, 0.15) is 23.7 Å². The summed E-state index contributed by atoms with van der Waals surface area (Å²) in [5.41, 5.74) is 4.92. The lowest BCUT2D eigenvalue weighted by Gasteiger charge is -2.17. The molecular formula is C45H44N2O10. The fourth-order valence-corrected chi connectivity index (χ4v) is 6.29. The van der Waals surface area contributed by atoms with E-state index < -0.39 is 11.8 Å². The maximum atomic E-state index is 12.2. The van der Waals surface area contributed by atoms with Gasteiger partial charge in [-0.3, -0.25) is 14.4 Å². The molecule has 12 heteroatoms. The molecule has 12 nitrogen and oxygen atoms in total. The molecule has 4 aromatic rings. The van der Waals surface area contributed by atoms with Crippen LogP contribution in [0.4, 0.5) is 5.69 Å². The lowest BCUT2D eigenvalue weighted by atomic mass is 9.91. The SMILES string of the molecule is CCOC.CCOC(=O)C1=C(Nc2ccc3cc(CNCCOCCOc4ccc5c(-c6ccccc6C=O)c6ccc(=O)cc-6oc5c4)ccc3c2)OCC1=O. The third-order valence-corrected chi connectivity index (χ3v) is 9.05. The molecule has 0 saturated carbocycles. The van der Waals surface area contributed by atoms with Crippen LogP contribution in [0.5, 0.6) is 5.75 Å². The molecule has 2 N–H and O–H groups in total. The predicted molar refractivity (Wildman–Crippen MR) is 218 cm³/mol. The monoisotopic (exact) mass is 772 g/mol. The number of nitrogens with one attached hydrogen (secondary N) is 2. The van der Waals surface area contributed by atoms with Crippen LogP contribution in [0, 0.1) is 0 Å². The van der Waals surface area contributed by atoms with Gasteiger partial charge in [-0.2, -0.15) is 0 Å². The number of rotatable bonds is 16. The number of anilines is 1. The second-order valence-electron chi connectivity index (χ2n) is 12.9. The number of aldehydes is 1. The molecule has 7 rings (SSSR count). The highest BCUT2D eigenvalue weighted by Crippen LogP contribution is 2.41. The fourth-order valence-electron chi connectivity index (χ4n) is 6.29. The minimum Gasteiger partial charge on any atom is -0.491 e. The summed E-state index contributed by atoms with van der Waals surface area (Å²) in [5, 5.41) is 9.26. The van der Waals surface area contributed by atoms with E-state index in [-0.39, 0.29) is 30.1 Å². The van der Waals surface area contributed by atoms with Gasteiger partial charge in [-0.25, -0.2) is 4.79 Å². The number of ketones is 1. The van der Waals surface area contributed by atoms with Crippen LogP contribution in [0.2, 0.25) is 0 Å². The number of Topliss-reactive ketones (excluding diaryl/α,β-unsaturated/α-hetero) is 1. The third-order valence-electron chi connectivity index (χ3n) is 9.05. The van der Waals surface area contributed by atoms with Crippen molar-refractivity contribution in [3.63, 3.8) is 0 Å². The first-order chi connectivity index (χ1) is 27.8. The number of hydrogen-bond acceptors (Lipinski definition) is 12. The Bertz CT molecular complexity index is 2430. The average Bonchev–Trinajstić information content (AvgIpc) is 3.59. The highest BCUT2D eigenvalue weighted by molar-refractivity contribution is 6.19. The van der Waals surface area contributed by atoms with Crippen molar-refractivity contribution in [3.05, 3.63) is 130 Å². The van der Waals surface area contributed by atoms with Crippen LogP contribution in [0.15, 0.2) is 118 Å². The van der Waals surface area contributed by atoms with Crippen molar-refractivity contribution in [2.24, 2.45) is 0 Å². The van der Waals surface area contributed by atoms with Gasteiger partial charge in [-0.1, -0.05) is 42.5 Å². The summed E-state index contributed by atoms with van der Waals surface area (Å²) in [5.74, 6) is 0.0214. The molecule has 0 fully saturated rings. The van der Waals surface area contributed by atoms with Crippen LogP contribution >= 0.6 is 0 Å². The van der Waals surface area contributed by atoms with Crippen molar-refractivity contribution in [2.75, 3.05) is 58.6 Å². The summed E-state index contributed by atoms with van der Waals surface area (Å²) in [4.78, 5) is 48.4. The molecule has 0 aromatic heterocycles. The van der Waals surface area contributed by atoms with E-state index in [1.165, 1.54) is 12.1 Å². The smallest absolute Gasteiger partial charge is 0.347 e. The molecule has 3 aliphatic rings. The summed E-state index contributed by atoms with van der Waals surface area (Å²) in [6.45, 7) is 6.94. The van der Waals surface area contributed by atoms with Crippen LogP contribution in [-0.4, -0.2) is 71.3 Å². The van der Waals surface area contributed by atoms with E-state index in [1.54, 1.807) is 32.2 Å². The first-order valence-electron chi connectivity index (χ1n) is 18.7. The molecule has 0 saturated heterocycles. The Hall–Kier alpha value is -6.34. The van der Waals surface area contributed by atoms with E-state index >= 15 is 0 Å². The summed E-state index contributed by atoms with van der Waals surface area (Å²) < 4.78 is 32.8. The first kappa shape index (κ1) is 40.3. The lowest BCUT2D eigenvalue weighted by Crippen LogP contribution is -2.20. The van der Waals surface area contributed by atoms with E-state index in [9.17, 15) is 19.2 Å². The number of esters is 1. The Morgan fingerprint density at radius 2 is 1.65 bits per heavy atom. The largest absolute Gasteiger partial charge is 0.491 e.